The summed E-state index contributed by atoms with van der Waals surface area (Å²) in [6.07, 6.45) is -3.26. The van der Waals surface area contributed by atoms with E-state index in [1.165, 1.54) is 7.11 Å². The average molecular weight is 255 g/mol. The maximum Gasteiger partial charge on any atom is 0.401 e. The Morgan fingerprint density at radius 3 is 2.35 bits per heavy atom. The molecule has 1 rings (SSSR count). The zero-order valence-corrected chi connectivity index (χ0v) is 9.51. The molecule has 0 bridgehead atoms. The minimum atomic E-state index is -4.40. The highest BCUT2D eigenvalue weighted by molar-refractivity contribution is 5.79. The first-order valence-electron chi connectivity index (χ1n) is 5.37. The van der Waals surface area contributed by atoms with E-state index in [1.807, 2.05) is 0 Å². The Bertz CT molecular complexity index is 272. The number of carbonyl (C=O) groups is 1. The number of ether oxygens (including phenoxy) is 1. The summed E-state index contributed by atoms with van der Waals surface area (Å²) in [7, 11) is 1.52. The fraction of sp³-hybridized carbons (Fsp3) is 0.900. The van der Waals surface area contributed by atoms with Crippen LogP contribution in [0, 0.1) is 0 Å². The third-order valence-electron chi connectivity index (χ3n) is 3.16. The molecule has 100 valence electrons. The van der Waals surface area contributed by atoms with Crippen LogP contribution in [0.1, 0.15) is 25.7 Å². The molecule has 17 heavy (non-hydrogen) atoms. The van der Waals surface area contributed by atoms with Gasteiger partial charge in [-0.3, -0.25) is 10.1 Å². The van der Waals surface area contributed by atoms with Crippen molar-refractivity contribution >= 4 is 5.97 Å². The Hall–Kier alpha value is -0.820. The Kier molecular flexibility index (Phi) is 4.37. The summed E-state index contributed by atoms with van der Waals surface area (Å²) in [4.78, 5) is 11.1. The van der Waals surface area contributed by atoms with Gasteiger partial charge in [0.05, 0.1) is 12.6 Å². The van der Waals surface area contributed by atoms with E-state index < -0.39 is 24.2 Å². The van der Waals surface area contributed by atoms with Gasteiger partial charge in [0.1, 0.15) is 5.54 Å². The number of carboxylic acid groups (broad SMARTS) is 1. The second-order valence-corrected chi connectivity index (χ2v) is 4.29. The number of nitrogens with one attached hydrogen (secondary N) is 1. The summed E-state index contributed by atoms with van der Waals surface area (Å²) in [5.41, 5.74) is -1.47. The number of rotatable bonds is 4. The van der Waals surface area contributed by atoms with Crippen molar-refractivity contribution in [1.82, 2.24) is 5.32 Å². The zero-order chi connectivity index (χ0) is 13.1. The minimum absolute atomic E-state index is 0.0600. The molecule has 0 atom stereocenters. The maximum atomic E-state index is 12.1. The topological polar surface area (TPSA) is 58.6 Å². The molecule has 1 aliphatic rings. The fourth-order valence-corrected chi connectivity index (χ4v) is 2.06. The lowest BCUT2D eigenvalue weighted by Gasteiger charge is -2.37. The van der Waals surface area contributed by atoms with E-state index in [2.05, 4.69) is 5.32 Å². The number of carboxylic acids is 1. The van der Waals surface area contributed by atoms with Gasteiger partial charge in [-0.25, -0.2) is 0 Å². The smallest absolute Gasteiger partial charge is 0.401 e. The zero-order valence-electron chi connectivity index (χ0n) is 9.51. The van der Waals surface area contributed by atoms with Crippen molar-refractivity contribution in [2.24, 2.45) is 0 Å². The van der Waals surface area contributed by atoms with Crippen LogP contribution in [0.5, 0.6) is 0 Å². The van der Waals surface area contributed by atoms with Gasteiger partial charge in [-0.2, -0.15) is 13.2 Å². The van der Waals surface area contributed by atoms with Crippen LogP contribution in [-0.2, 0) is 9.53 Å². The van der Waals surface area contributed by atoms with Gasteiger partial charge in [-0.05, 0) is 25.7 Å². The average Bonchev–Trinajstić information content (AvgIpc) is 2.26. The van der Waals surface area contributed by atoms with Gasteiger partial charge in [-0.15, -0.1) is 0 Å². The molecule has 2 N–H and O–H groups in total. The van der Waals surface area contributed by atoms with E-state index in [0.29, 0.717) is 12.8 Å². The van der Waals surface area contributed by atoms with Gasteiger partial charge in [-0.1, -0.05) is 0 Å². The van der Waals surface area contributed by atoms with Crippen LogP contribution in [0.15, 0.2) is 0 Å². The van der Waals surface area contributed by atoms with Gasteiger partial charge >= 0.3 is 12.1 Å². The third kappa shape index (κ3) is 3.85. The molecule has 0 aromatic rings. The largest absolute Gasteiger partial charge is 0.480 e. The van der Waals surface area contributed by atoms with E-state index in [1.54, 1.807) is 0 Å². The summed E-state index contributed by atoms with van der Waals surface area (Å²) < 4.78 is 41.4. The molecule has 0 aliphatic heterocycles. The van der Waals surface area contributed by atoms with Gasteiger partial charge in [0, 0.05) is 7.11 Å². The molecule has 1 saturated carbocycles. The van der Waals surface area contributed by atoms with E-state index in [4.69, 9.17) is 9.84 Å². The summed E-state index contributed by atoms with van der Waals surface area (Å²) in [6, 6.07) is 0. The van der Waals surface area contributed by atoms with Crippen molar-refractivity contribution in [3.05, 3.63) is 0 Å². The monoisotopic (exact) mass is 255 g/mol. The predicted molar refractivity (Wildman–Crippen MR) is 53.7 cm³/mol. The second kappa shape index (κ2) is 5.22. The Morgan fingerprint density at radius 1 is 1.47 bits per heavy atom. The van der Waals surface area contributed by atoms with Gasteiger partial charge < -0.3 is 9.84 Å². The summed E-state index contributed by atoms with van der Waals surface area (Å²) in [6.45, 7) is -1.28. The Balaban J connectivity index is 2.62. The maximum absolute atomic E-state index is 12.1. The lowest BCUT2D eigenvalue weighted by atomic mass is 9.80. The quantitative estimate of drug-likeness (QED) is 0.800. The highest BCUT2D eigenvalue weighted by Gasteiger charge is 2.44. The van der Waals surface area contributed by atoms with E-state index in [9.17, 15) is 18.0 Å². The lowest BCUT2D eigenvalue weighted by molar-refractivity contribution is -0.153. The molecule has 0 heterocycles. The molecule has 0 unspecified atom stereocenters. The van der Waals surface area contributed by atoms with Gasteiger partial charge in [0.15, 0.2) is 0 Å². The number of hydrogen-bond donors (Lipinski definition) is 2. The molecule has 4 nitrogen and oxygen atoms in total. The van der Waals surface area contributed by atoms with Crippen molar-refractivity contribution < 1.29 is 27.8 Å². The molecule has 0 aromatic heterocycles. The van der Waals surface area contributed by atoms with Crippen LogP contribution in [0.4, 0.5) is 13.2 Å². The molecular weight excluding hydrogens is 239 g/mol. The Morgan fingerprint density at radius 2 is 2.00 bits per heavy atom. The Labute approximate surface area is 97.1 Å². The van der Waals surface area contributed by atoms with Crippen LogP contribution in [0.25, 0.3) is 0 Å². The molecular formula is C10H16F3NO3. The molecule has 0 radical (unpaired) electrons. The van der Waals surface area contributed by atoms with Crippen molar-refractivity contribution in [1.29, 1.82) is 0 Å². The fourth-order valence-electron chi connectivity index (χ4n) is 2.06. The van der Waals surface area contributed by atoms with Crippen LogP contribution < -0.4 is 5.32 Å². The van der Waals surface area contributed by atoms with Crippen molar-refractivity contribution in [3.8, 4) is 0 Å². The number of aliphatic carboxylic acids is 1. The molecule has 0 spiro atoms. The van der Waals surface area contributed by atoms with Crippen LogP contribution in [0.2, 0.25) is 0 Å². The minimum Gasteiger partial charge on any atom is -0.480 e. The molecule has 0 aromatic carbocycles. The number of alkyl halides is 3. The van der Waals surface area contributed by atoms with Crippen LogP contribution >= 0.6 is 0 Å². The number of halogens is 3. The molecule has 0 saturated heterocycles. The summed E-state index contributed by atoms with van der Waals surface area (Å²) in [5, 5.41) is 11.2. The normalized spacial score (nSPS) is 30.2. The summed E-state index contributed by atoms with van der Waals surface area (Å²) >= 11 is 0. The first-order chi connectivity index (χ1) is 7.79. The van der Waals surface area contributed by atoms with Crippen molar-refractivity contribution in [3.63, 3.8) is 0 Å². The van der Waals surface area contributed by atoms with Crippen LogP contribution in [0.3, 0.4) is 0 Å². The van der Waals surface area contributed by atoms with Gasteiger partial charge in [0.25, 0.3) is 0 Å². The second-order valence-electron chi connectivity index (χ2n) is 4.29. The van der Waals surface area contributed by atoms with Crippen LogP contribution in [-0.4, -0.2) is 42.5 Å². The number of methoxy groups -OCH3 is 1. The van der Waals surface area contributed by atoms with Gasteiger partial charge in [0.2, 0.25) is 0 Å². The first kappa shape index (κ1) is 14.2. The summed E-state index contributed by atoms with van der Waals surface area (Å²) in [5.74, 6) is -1.23. The van der Waals surface area contributed by atoms with Crippen molar-refractivity contribution in [2.45, 2.75) is 43.5 Å². The predicted octanol–water partition coefficient (Wildman–Crippen LogP) is 1.55. The van der Waals surface area contributed by atoms with Crippen molar-refractivity contribution in [2.75, 3.05) is 13.7 Å². The highest BCUT2D eigenvalue weighted by atomic mass is 19.4. The molecule has 7 heteroatoms. The lowest BCUT2D eigenvalue weighted by Crippen LogP contribution is -2.57. The highest BCUT2D eigenvalue weighted by Crippen LogP contribution is 2.31. The molecule has 1 fully saturated rings. The van der Waals surface area contributed by atoms with E-state index >= 15 is 0 Å². The SMILES string of the molecule is COC1CCC(NCC(F)(F)F)(C(=O)O)CC1. The third-order valence-corrected chi connectivity index (χ3v) is 3.16. The van der Waals surface area contributed by atoms with E-state index in [0.717, 1.165) is 0 Å². The molecule has 1 aliphatic carbocycles. The molecule has 0 amide bonds. The van der Waals surface area contributed by atoms with E-state index in [-0.39, 0.29) is 18.9 Å². The first-order valence-corrected chi connectivity index (χ1v) is 5.37. The number of hydrogen-bond acceptors (Lipinski definition) is 3. The standard InChI is InChI=1S/C10H16F3NO3/c1-17-7-2-4-9(5-3-7,8(15)16)14-6-10(11,12)13/h7,14H,2-6H2,1H3,(H,15,16).